The van der Waals surface area contributed by atoms with E-state index < -0.39 is 24.0 Å². The molecule has 0 saturated carbocycles. The highest BCUT2D eigenvalue weighted by Gasteiger charge is 2.22. The molecule has 2 heterocycles. The van der Waals surface area contributed by atoms with Gasteiger partial charge in [-0.25, -0.2) is 19.3 Å². The number of pyridine rings is 1. The van der Waals surface area contributed by atoms with Crippen LogP contribution < -0.4 is 10.6 Å². The first-order valence-electron chi connectivity index (χ1n) is 8.34. The van der Waals surface area contributed by atoms with E-state index in [9.17, 15) is 14.4 Å². The third-order valence-electron chi connectivity index (χ3n) is 3.47. The van der Waals surface area contributed by atoms with Crippen molar-refractivity contribution in [2.45, 2.75) is 52.8 Å². The summed E-state index contributed by atoms with van der Waals surface area (Å²) in [5.41, 5.74) is 0.861. The van der Waals surface area contributed by atoms with Crippen molar-refractivity contribution in [3.63, 3.8) is 0 Å². The lowest BCUT2D eigenvalue weighted by Crippen LogP contribution is -2.46. The minimum Gasteiger partial charge on any atom is -0.449 e. The van der Waals surface area contributed by atoms with Crippen LogP contribution in [0, 0.1) is 0 Å². The minimum atomic E-state index is -1.13. The Hall–Kier alpha value is -2.97. The molecule has 1 unspecified atom stereocenters. The molecule has 9 heteroatoms. The topological polar surface area (TPSA) is 115 Å². The number of hydrogen-bond acceptors (Lipinski definition) is 6. The van der Waals surface area contributed by atoms with Gasteiger partial charge < -0.3 is 10.1 Å². The molecule has 140 valence electrons. The first-order chi connectivity index (χ1) is 12.2. The highest BCUT2D eigenvalue weighted by molar-refractivity contribution is 5.99. The number of carbonyl (C=O) groups is 3. The Morgan fingerprint density at radius 2 is 1.81 bits per heavy atom. The number of nitrogens with one attached hydrogen (secondary N) is 2. The number of ether oxygens (including phenoxy) is 1. The summed E-state index contributed by atoms with van der Waals surface area (Å²) in [6, 6.07) is 0.980. The average molecular weight is 361 g/mol. The minimum absolute atomic E-state index is 0.120. The first-order valence-corrected chi connectivity index (χ1v) is 8.34. The van der Waals surface area contributed by atoms with Crippen LogP contribution in [0.25, 0.3) is 11.0 Å². The van der Waals surface area contributed by atoms with Gasteiger partial charge in [0, 0.05) is 23.7 Å². The van der Waals surface area contributed by atoms with Gasteiger partial charge in [-0.15, -0.1) is 0 Å². The van der Waals surface area contributed by atoms with Crippen LogP contribution >= 0.6 is 0 Å². The van der Waals surface area contributed by atoms with Gasteiger partial charge in [-0.3, -0.25) is 10.1 Å². The van der Waals surface area contributed by atoms with Crippen LogP contribution in [0.15, 0.2) is 18.5 Å². The Bertz CT molecular complexity index is 828. The number of carbonyl (C=O) groups excluding carboxylic acids is 3. The van der Waals surface area contributed by atoms with Crippen LogP contribution in [-0.4, -0.2) is 44.8 Å². The molecule has 0 bridgehead atoms. The molecule has 0 radical (unpaired) electrons. The molecule has 0 spiro atoms. The van der Waals surface area contributed by atoms with Gasteiger partial charge in [0.2, 0.25) is 0 Å². The Morgan fingerprint density at radius 3 is 2.42 bits per heavy atom. The van der Waals surface area contributed by atoms with E-state index in [4.69, 9.17) is 4.74 Å². The predicted molar refractivity (Wildman–Crippen MR) is 94.6 cm³/mol. The van der Waals surface area contributed by atoms with Gasteiger partial charge >= 0.3 is 12.0 Å². The van der Waals surface area contributed by atoms with E-state index in [0.29, 0.717) is 11.0 Å². The second kappa shape index (κ2) is 7.94. The Balaban J connectivity index is 2.03. The highest BCUT2D eigenvalue weighted by Crippen LogP contribution is 2.17. The molecule has 0 saturated heterocycles. The van der Waals surface area contributed by atoms with Crippen LogP contribution in [0.3, 0.4) is 0 Å². The molecule has 3 amide bonds. The second-order valence-corrected chi connectivity index (χ2v) is 6.48. The number of urea groups is 1. The van der Waals surface area contributed by atoms with Gasteiger partial charge in [-0.2, -0.15) is 5.10 Å². The van der Waals surface area contributed by atoms with Gasteiger partial charge in [-0.1, -0.05) is 0 Å². The number of esters is 1. The van der Waals surface area contributed by atoms with Crippen molar-refractivity contribution >= 4 is 28.9 Å². The van der Waals surface area contributed by atoms with E-state index in [1.54, 1.807) is 30.8 Å². The molecule has 2 rings (SSSR count). The van der Waals surface area contributed by atoms with E-state index in [1.807, 2.05) is 13.8 Å². The fraction of sp³-hybridized carbons (Fsp3) is 0.471. The monoisotopic (exact) mass is 361 g/mol. The van der Waals surface area contributed by atoms with Gasteiger partial charge in [-0.05, 0) is 40.7 Å². The molecule has 0 aliphatic heterocycles. The van der Waals surface area contributed by atoms with E-state index in [0.717, 1.165) is 0 Å². The summed E-state index contributed by atoms with van der Waals surface area (Å²) in [6.45, 7) is 8.87. The summed E-state index contributed by atoms with van der Waals surface area (Å²) in [7, 11) is 0. The zero-order chi connectivity index (χ0) is 19.4. The van der Waals surface area contributed by atoms with Crippen molar-refractivity contribution < 1.29 is 19.1 Å². The van der Waals surface area contributed by atoms with Gasteiger partial charge in [0.15, 0.2) is 11.8 Å². The van der Waals surface area contributed by atoms with Crippen molar-refractivity contribution in [3.05, 3.63) is 24.0 Å². The average Bonchev–Trinajstić information content (AvgIpc) is 2.96. The lowest BCUT2D eigenvalue weighted by atomic mass is 10.2. The number of amides is 3. The lowest BCUT2D eigenvalue weighted by molar-refractivity contribution is -0.127. The standard InChI is InChI=1S/C17H23N5O4/c1-9(2)20-17(25)21-15(23)11(5)26-16(24)13-6-12-8-19-22(10(3)4)14(12)18-7-13/h6-11H,1-5H3,(H2,20,21,23,25). The summed E-state index contributed by atoms with van der Waals surface area (Å²) >= 11 is 0. The molecule has 2 aromatic rings. The van der Waals surface area contributed by atoms with E-state index in [-0.39, 0.29) is 17.6 Å². The maximum atomic E-state index is 12.2. The van der Waals surface area contributed by atoms with Crippen LogP contribution in [-0.2, 0) is 9.53 Å². The number of fused-ring (bicyclic) bond motifs is 1. The number of rotatable bonds is 5. The smallest absolute Gasteiger partial charge is 0.340 e. The summed E-state index contributed by atoms with van der Waals surface area (Å²) in [4.78, 5) is 39.9. The zero-order valence-electron chi connectivity index (χ0n) is 15.4. The van der Waals surface area contributed by atoms with Gasteiger partial charge in [0.1, 0.15) is 0 Å². The number of hydrogen-bond donors (Lipinski definition) is 2. The molecule has 1 atom stereocenters. The molecule has 9 nitrogen and oxygen atoms in total. The molecular formula is C17H23N5O4. The van der Waals surface area contributed by atoms with Crippen LogP contribution in [0.1, 0.15) is 51.0 Å². The summed E-state index contributed by atoms with van der Waals surface area (Å²) in [5, 5.41) is 9.56. The third kappa shape index (κ3) is 4.56. The third-order valence-corrected chi connectivity index (χ3v) is 3.47. The summed E-state index contributed by atoms with van der Waals surface area (Å²) in [6.07, 6.45) is 1.86. The normalized spacial score (nSPS) is 12.3. The van der Waals surface area contributed by atoms with Crippen molar-refractivity contribution in [1.82, 2.24) is 25.4 Å². The van der Waals surface area contributed by atoms with Crippen LogP contribution in [0.2, 0.25) is 0 Å². The predicted octanol–water partition coefficient (Wildman–Crippen LogP) is 1.79. The Labute approximate surface area is 151 Å². The lowest BCUT2D eigenvalue weighted by Gasteiger charge is -2.14. The van der Waals surface area contributed by atoms with E-state index in [1.165, 1.54) is 13.1 Å². The first kappa shape index (κ1) is 19.4. The maximum Gasteiger partial charge on any atom is 0.340 e. The summed E-state index contributed by atoms with van der Waals surface area (Å²) in [5.74, 6) is -1.42. The Morgan fingerprint density at radius 1 is 1.12 bits per heavy atom. The van der Waals surface area contributed by atoms with Crippen LogP contribution in [0.4, 0.5) is 4.79 Å². The molecule has 26 heavy (non-hydrogen) atoms. The fourth-order valence-electron chi connectivity index (χ4n) is 2.22. The van der Waals surface area contributed by atoms with Crippen molar-refractivity contribution in [3.8, 4) is 0 Å². The fourth-order valence-corrected chi connectivity index (χ4v) is 2.22. The quantitative estimate of drug-likeness (QED) is 0.785. The molecule has 2 aromatic heterocycles. The van der Waals surface area contributed by atoms with Crippen molar-refractivity contribution in [2.75, 3.05) is 0 Å². The van der Waals surface area contributed by atoms with Crippen molar-refractivity contribution in [2.24, 2.45) is 0 Å². The molecule has 0 aromatic carbocycles. The zero-order valence-corrected chi connectivity index (χ0v) is 15.4. The molecule has 0 fully saturated rings. The van der Waals surface area contributed by atoms with E-state index >= 15 is 0 Å². The second-order valence-electron chi connectivity index (χ2n) is 6.48. The number of nitrogens with zero attached hydrogens (tertiary/aromatic N) is 3. The summed E-state index contributed by atoms with van der Waals surface area (Å²) < 4.78 is 6.85. The molecule has 0 aliphatic carbocycles. The molecular weight excluding hydrogens is 338 g/mol. The number of aromatic nitrogens is 3. The Kier molecular flexibility index (Phi) is 5.91. The van der Waals surface area contributed by atoms with E-state index in [2.05, 4.69) is 20.7 Å². The molecule has 2 N–H and O–H groups in total. The number of imide groups is 1. The van der Waals surface area contributed by atoms with Gasteiger partial charge in [0.25, 0.3) is 5.91 Å². The van der Waals surface area contributed by atoms with Gasteiger partial charge in [0.05, 0.1) is 11.8 Å². The highest BCUT2D eigenvalue weighted by atomic mass is 16.5. The van der Waals surface area contributed by atoms with Crippen molar-refractivity contribution in [1.29, 1.82) is 0 Å². The molecule has 0 aliphatic rings. The SMILES string of the molecule is CC(C)NC(=O)NC(=O)C(C)OC(=O)c1cnc2c(cnn2C(C)C)c1. The van der Waals surface area contributed by atoms with Crippen LogP contribution in [0.5, 0.6) is 0 Å². The maximum absolute atomic E-state index is 12.2. The largest absolute Gasteiger partial charge is 0.449 e.